The van der Waals surface area contributed by atoms with Gasteiger partial charge in [-0.1, -0.05) is 11.6 Å². The molecule has 6 heteroatoms. The van der Waals surface area contributed by atoms with Crippen molar-refractivity contribution in [2.45, 2.75) is 25.4 Å². The number of fused-ring (bicyclic) bond motifs is 1. The minimum atomic E-state index is 0.551. The quantitative estimate of drug-likeness (QED) is 0.817. The average Bonchev–Trinajstić information content (AvgIpc) is 2.88. The van der Waals surface area contributed by atoms with Crippen LogP contribution in [0.15, 0.2) is 11.4 Å². The van der Waals surface area contributed by atoms with Crippen LogP contribution < -0.4 is 0 Å². The Bertz CT molecular complexity index is 568. The van der Waals surface area contributed by atoms with E-state index in [0.29, 0.717) is 11.2 Å². The van der Waals surface area contributed by atoms with Crippen LogP contribution in [0.25, 0.3) is 10.2 Å². The molecule has 19 heavy (non-hydrogen) atoms. The van der Waals surface area contributed by atoms with Crippen molar-refractivity contribution in [3.63, 3.8) is 0 Å². The van der Waals surface area contributed by atoms with Gasteiger partial charge in [0.15, 0.2) is 0 Å². The van der Waals surface area contributed by atoms with Crippen LogP contribution in [-0.2, 0) is 11.3 Å². The molecule has 3 heterocycles. The molecule has 0 bridgehead atoms. The Hall–Kier alpha value is -0.750. The maximum Gasteiger partial charge on any atom is 0.145 e. The summed E-state index contributed by atoms with van der Waals surface area (Å²) in [6, 6.07) is 2.52. The third-order valence-corrected chi connectivity index (χ3v) is 4.62. The van der Waals surface area contributed by atoms with E-state index in [4.69, 9.17) is 16.3 Å². The number of aromatic nitrogens is 2. The molecule has 102 valence electrons. The van der Waals surface area contributed by atoms with Gasteiger partial charge in [0.25, 0.3) is 0 Å². The molecule has 3 rings (SSSR count). The van der Waals surface area contributed by atoms with Crippen LogP contribution in [0.5, 0.6) is 0 Å². The molecular formula is C13H16ClN3OS. The summed E-state index contributed by atoms with van der Waals surface area (Å²) in [5.41, 5.74) is 0. The number of nitrogens with zero attached hydrogens (tertiary/aromatic N) is 3. The van der Waals surface area contributed by atoms with E-state index in [9.17, 15) is 0 Å². The van der Waals surface area contributed by atoms with Crippen LogP contribution in [0, 0.1) is 0 Å². The fraction of sp³-hybridized carbons (Fsp3) is 0.538. The van der Waals surface area contributed by atoms with Gasteiger partial charge in [0.2, 0.25) is 0 Å². The van der Waals surface area contributed by atoms with Gasteiger partial charge in [-0.2, -0.15) is 0 Å². The molecule has 0 aliphatic carbocycles. The van der Waals surface area contributed by atoms with Gasteiger partial charge in [-0.3, -0.25) is 4.90 Å². The van der Waals surface area contributed by atoms with Gasteiger partial charge in [0, 0.05) is 24.6 Å². The van der Waals surface area contributed by atoms with E-state index in [1.165, 1.54) is 0 Å². The van der Waals surface area contributed by atoms with Crippen molar-refractivity contribution in [1.82, 2.24) is 14.9 Å². The lowest BCUT2D eigenvalue weighted by atomic mass is 10.1. The van der Waals surface area contributed by atoms with Gasteiger partial charge in [-0.25, -0.2) is 9.97 Å². The highest BCUT2D eigenvalue weighted by Crippen LogP contribution is 2.25. The molecule has 2 aromatic heterocycles. The predicted octanol–water partition coefficient (Wildman–Crippen LogP) is 2.96. The van der Waals surface area contributed by atoms with Gasteiger partial charge in [-0.05, 0) is 31.3 Å². The normalized spacial score (nSPS) is 17.4. The topological polar surface area (TPSA) is 38.2 Å². The first-order valence-electron chi connectivity index (χ1n) is 6.41. The van der Waals surface area contributed by atoms with E-state index in [-0.39, 0.29) is 0 Å². The lowest BCUT2D eigenvalue weighted by Gasteiger charge is -2.30. The minimum absolute atomic E-state index is 0.551. The van der Waals surface area contributed by atoms with Crippen molar-refractivity contribution >= 4 is 33.2 Å². The van der Waals surface area contributed by atoms with Crippen LogP contribution >= 0.6 is 22.9 Å². The number of thiophene rings is 1. The van der Waals surface area contributed by atoms with Crippen LogP contribution in [-0.4, -0.2) is 41.2 Å². The van der Waals surface area contributed by atoms with Crippen LogP contribution in [0.1, 0.15) is 18.7 Å². The molecule has 0 amide bonds. The largest absolute Gasteiger partial charge is 0.381 e. The first-order valence-corrected chi connectivity index (χ1v) is 7.67. The SMILES string of the molecule is CN(Cc1nc(Cl)c2ccsc2n1)C1CCOCC1. The number of rotatable bonds is 3. The third-order valence-electron chi connectivity index (χ3n) is 3.53. The fourth-order valence-corrected chi connectivity index (χ4v) is 3.50. The smallest absolute Gasteiger partial charge is 0.145 e. The Labute approximate surface area is 121 Å². The van der Waals surface area contributed by atoms with Gasteiger partial charge in [0.1, 0.15) is 15.8 Å². The van der Waals surface area contributed by atoms with E-state index in [1.54, 1.807) is 11.3 Å². The lowest BCUT2D eigenvalue weighted by Crippen LogP contribution is -2.36. The summed E-state index contributed by atoms with van der Waals surface area (Å²) in [6.45, 7) is 2.43. The maximum absolute atomic E-state index is 6.19. The summed E-state index contributed by atoms with van der Waals surface area (Å²) < 4.78 is 5.39. The molecule has 1 fully saturated rings. The second-order valence-corrected chi connectivity index (χ2v) is 6.08. The number of hydrogen-bond donors (Lipinski definition) is 0. The number of hydrogen-bond acceptors (Lipinski definition) is 5. The zero-order valence-corrected chi connectivity index (χ0v) is 12.4. The Morgan fingerprint density at radius 3 is 3.00 bits per heavy atom. The summed E-state index contributed by atoms with van der Waals surface area (Å²) in [5, 5.41) is 3.50. The average molecular weight is 298 g/mol. The lowest BCUT2D eigenvalue weighted by molar-refractivity contribution is 0.0399. The molecule has 1 aliphatic heterocycles. The zero-order valence-electron chi connectivity index (χ0n) is 10.8. The summed E-state index contributed by atoms with van der Waals surface area (Å²) in [5.74, 6) is 0.800. The Morgan fingerprint density at radius 1 is 1.42 bits per heavy atom. The Morgan fingerprint density at radius 2 is 2.21 bits per heavy atom. The van der Waals surface area contributed by atoms with Gasteiger partial charge in [0.05, 0.1) is 6.54 Å². The minimum Gasteiger partial charge on any atom is -0.381 e. The van der Waals surface area contributed by atoms with Crippen LogP contribution in [0.3, 0.4) is 0 Å². The zero-order chi connectivity index (χ0) is 13.2. The summed E-state index contributed by atoms with van der Waals surface area (Å²) in [7, 11) is 2.12. The molecule has 1 saturated heterocycles. The van der Waals surface area contributed by atoms with Crippen molar-refractivity contribution in [1.29, 1.82) is 0 Å². The molecule has 0 N–H and O–H groups in total. The molecule has 2 aromatic rings. The highest BCUT2D eigenvalue weighted by Gasteiger charge is 2.19. The third kappa shape index (κ3) is 2.89. The summed E-state index contributed by atoms with van der Waals surface area (Å²) in [4.78, 5) is 12.2. The number of ether oxygens (including phenoxy) is 1. The second-order valence-electron chi connectivity index (χ2n) is 4.83. The molecular weight excluding hydrogens is 282 g/mol. The summed E-state index contributed by atoms with van der Waals surface area (Å²) >= 11 is 7.79. The molecule has 0 atom stereocenters. The van der Waals surface area contributed by atoms with Crippen molar-refractivity contribution in [3.8, 4) is 0 Å². The molecule has 4 nitrogen and oxygen atoms in total. The van der Waals surface area contributed by atoms with E-state index in [0.717, 1.165) is 48.6 Å². The number of halogens is 1. The molecule has 0 radical (unpaired) electrons. The van der Waals surface area contributed by atoms with Gasteiger partial charge in [-0.15, -0.1) is 11.3 Å². The van der Waals surface area contributed by atoms with Crippen molar-refractivity contribution in [3.05, 3.63) is 22.4 Å². The molecule has 0 aromatic carbocycles. The fourth-order valence-electron chi connectivity index (χ4n) is 2.41. The summed E-state index contributed by atoms with van der Waals surface area (Å²) in [6.07, 6.45) is 2.15. The van der Waals surface area contributed by atoms with E-state index in [2.05, 4.69) is 21.9 Å². The van der Waals surface area contributed by atoms with Crippen molar-refractivity contribution in [2.24, 2.45) is 0 Å². The molecule has 0 spiro atoms. The van der Waals surface area contributed by atoms with Crippen LogP contribution in [0.2, 0.25) is 5.15 Å². The standard InChI is InChI=1S/C13H16ClN3OS/c1-17(9-2-5-18-6-3-9)8-11-15-12(14)10-4-7-19-13(10)16-11/h4,7,9H,2-3,5-6,8H2,1H3. The van der Waals surface area contributed by atoms with Crippen molar-refractivity contribution in [2.75, 3.05) is 20.3 Å². The Kier molecular flexibility index (Phi) is 3.98. The monoisotopic (exact) mass is 297 g/mol. The highest BCUT2D eigenvalue weighted by atomic mass is 35.5. The predicted molar refractivity (Wildman–Crippen MR) is 77.7 cm³/mol. The van der Waals surface area contributed by atoms with Crippen molar-refractivity contribution < 1.29 is 4.74 Å². The van der Waals surface area contributed by atoms with E-state index >= 15 is 0 Å². The first-order chi connectivity index (χ1) is 9.24. The highest BCUT2D eigenvalue weighted by molar-refractivity contribution is 7.16. The Balaban J connectivity index is 1.76. The maximum atomic E-state index is 6.19. The molecule has 0 unspecified atom stereocenters. The second kappa shape index (κ2) is 5.71. The first kappa shape index (κ1) is 13.2. The molecule has 1 aliphatic rings. The van der Waals surface area contributed by atoms with Gasteiger partial charge >= 0.3 is 0 Å². The van der Waals surface area contributed by atoms with Crippen LogP contribution in [0.4, 0.5) is 0 Å². The van der Waals surface area contributed by atoms with Gasteiger partial charge < -0.3 is 4.74 Å². The molecule has 0 saturated carbocycles. The van der Waals surface area contributed by atoms with E-state index in [1.807, 2.05) is 11.4 Å². The van der Waals surface area contributed by atoms with E-state index < -0.39 is 0 Å².